The maximum Gasteiger partial charge on any atom is 0.270 e. The van der Waals surface area contributed by atoms with Crippen LogP contribution in [0.4, 0.5) is 10.1 Å². The first-order valence-electron chi connectivity index (χ1n) is 10.1. The Balaban J connectivity index is 1.99. The van der Waals surface area contributed by atoms with E-state index in [0.717, 1.165) is 18.4 Å². The zero-order valence-electron chi connectivity index (χ0n) is 17.8. The van der Waals surface area contributed by atoms with Crippen molar-refractivity contribution in [3.8, 4) is 0 Å². The molecule has 0 aromatic heterocycles. The number of aliphatic hydroxyl groups excluding tert-OH is 1. The Labute approximate surface area is 181 Å². The molecular formula is C20H29FN5O4P. The first-order chi connectivity index (χ1) is 14.8. The number of nitrogens with zero attached hydrogens (tertiary/aromatic N) is 3. The minimum absolute atomic E-state index is 0.0478. The molecule has 31 heavy (non-hydrogen) atoms. The van der Waals surface area contributed by atoms with Gasteiger partial charge in [0, 0.05) is 17.6 Å². The highest BCUT2D eigenvalue weighted by molar-refractivity contribution is 7.56. The van der Waals surface area contributed by atoms with Crippen LogP contribution < -0.4 is 10.4 Å². The Morgan fingerprint density at radius 3 is 2.87 bits per heavy atom. The molecule has 1 fully saturated rings. The molecule has 0 saturated heterocycles. The number of amides is 1. The SMILES string of the molecule is C/C(=C\CCP(=O)(NCC1CC1)OCc1ccc(NC(=O)[C@H](C)N=[N+]=[N-])c(F)c1)CO. The van der Waals surface area contributed by atoms with Crippen LogP contribution in [-0.2, 0) is 20.5 Å². The summed E-state index contributed by atoms with van der Waals surface area (Å²) in [6.07, 6.45) is 4.79. The van der Waals surface area contributed by atoms with Gasteiger partial charge in [0.15, 0.2) is 0 Å². The van der Waals surface area contributed by atoms with Gasteiger partial charge in [0.2, 0.25) is 5.91 Å². The number of benzene rings is 1. The predicted octanol–water partition coefficient (Wildman–Crippen LogP) is 4.50. The number of anilines is 1. The summed E-state index contributed by atoms with van der Waals surface area (Å²) in [7, 11) is -3.15. The van der Waals surface area contributed by atoms with Gasteiger partial charge >= 0.3 is 0 Å². The second kappa shape index (κ2) is 12.0. The van der Waals surface area contributed by atoms with Gasteiger partial charge in [-0.3, -0.25) is 9.36 Å². The minimum Gasteiger partial charge on any atom is -0.392 e. The van der Waals surface area contributed by atoms with E-state index in [9.17, 15) is 13.8 Å². The van der Waals surface area contributed by atoms with Crippen molar-refractivity contribution in [1.82, 2.24) is 5.09 Å². The second-order valence-corrected chi connectivity index (χ2v) is 10.0. The van der Waals surface area contributed by atoms with Crippen LogP contribution in [0.15, 0.2) is 35.0 Å². The summed E-state index contributed by atoms with van der Waals surface area (Å²) in [5, 5.41) is 17.8. The first kappa shape index (κ1) is 25.0. The van der Waals surface area contributed by atoms with E-state index in [-0.39, 0.29) is 25.1 Å². The molecule has 1 aromatic carbocycles. The molecule has 0 radical (unpaired) electrons. The van der Waals surface area contributed by atoms with Crippen molar-refractivity contribution >= 4 is 19.1 Å². The second-order valence-electron chi connectivity index (χ2n) is 7.66. The van der Waals surface area contributed by atoms with Crippen molar-refractivity contribution < 1.29 is 23.4 Å². The highest BCUT2D eigenvalue weighted by Crippen LogP contribution is 2.45. The number of halogens is 1. The van der Waals surface area contributed by atoms with E-state index in [0.29, 0.717) is 24.4 Å². The topological polar surface area (TPSA) is 136 Å². The third-order valence-corrected chi connectivity index (χ3v) is 6.88. The predicted molar refractivity (Wildman–Crippen MR) is 117 cm³/mol. The molecule has 1 amide bonds. The highest BCUT2D eigenvalue weighted by Gasteiger charge is 2.28. The standard InChI is InChI=1S/C20H29FN5O4P/c1-14(12-27)4-3-9-31(29,23-11-16-5-6-16)30-13-17-7-8-19(18(21)10-17)24-20(28)15(2)25-26-22/h4,7-8,10,15-16,27H,3,5-6,9,11-13H2,1-2H3,(H,23,29)(H,24,28)/b14-4+/t15-,31?/m0/s1. The number of carbonyl (C=O) groups is 1. The van der Waals surface area contributed by atoms with Crippen molar-refractivity contribution in [2.24, 2.45) is 11.0 Å². The Bertz CT molecular complexity index is 900. The Morgan fingerprint density at radius 2 is 2.26 bits per heavy atom. The van der Waals surface area contributed by atoms with Gasteiger partial charge in [0.05, 0.1) is 18.9 Å². The normalized spacial score (nSPS) is 16.8. The first-order valence-corrected chi connectivity index (χ1v) is 12.0. The average Bonchev–Trinajstić information content (AvgIpc) is 3.57. The van der Waals surface area contributed by atoms with Crippen LogP contribution in [-0.4, -0.2) is 36.4 Å². The van der Waals surface area contributed by atoms with E-state index in [1.165, 1.54) is 19.1 Å². The van der Waals surface area contributed by atoms with E-state index >= 15 is 0 Å². The number of aliphatic hydroxyl groups is 1. The molecule has 1 aliphatic carbocycles. The molecule has 11 heteroatoms. The number of nitrogens with one attached hydrogen (secondary N) is 2. The van der Waals surface area contributed by atoms with Gasteiger partial charge in [0.25, 0.3) is 7.52 Å². The van der Waals surface area contributed by atoms with Crippen LogP contribution >= 0.6 is 7.52 Å². The smallest absolute Gasteiger partial charge is 0.270 e. The van der Waals surface area contributed by atoms with Gasteiger partial charge in [-0.15, -0.1) is 0 Å². The van der Waals surface area contributed by atoms with E-state index in [2.05, 4.69) is 20.4 Å². The summed E-state index contributed by atoms with van der Waals surface area (Å²) in [5.74, 6) is -0.787. The Morgan fingerprint density at radius 1 is 1.52 bits per heavy atom. The molecule has 0 spiro atoms. The molecule has 1 unspecified atom stereocenters. The molecule has 1 aliphatic rings. The van der Waals surface area contributed by atoms with Crippen molar-refractivity contribution in [3.63, 3.8) is 0 Å². The van der Waals surface area contributed by atoms with E-state index in [4.69, 9.17) is 15.2 Å². The maximum atomic E-state index is 14.4. The molecule has 1 saturated carbocycles. The van der Waals surface area contributed by atoms with Gasteiger partial charge in [-0.2, -0.15) is 0 Å². The van der Waals surface area contributed by atoms with Gasteiger partial charge in [-0.25, -0.2) is 9.48 Å². The van der Waals surface area contributed by atoms with Crippen LogP contribution in [0.2, 0.25) is 0 Å². The summed E-state index contributed by atoms with van der Waals surface area (Å²) in [5.41, 5.74) is 9.59. The molecule has 1 aromatic rings. The third kappa shape index (κ3) is 8.81. The molecule has 2 atom stereocenters. The fourth-order valence-electron chi connectivity index (χ4n) is 2.62. The zero-order valence-corrected chi connectivity index (χ0v) is 18.6. The number of carbonyl (C=O) groups excluding carboxylic acids is 1. The summed E-state index contributed by atoms with van der Waals surface area (Å²) in [4.78, 5) is 14.4. The monoisotopic (exact) mass is 453 g/mol. The van der Waals surface area contributed by atoms with Crippen LogP contribution in [0.25, 0.3) is 10.4 Å². The van der Waals surface area contributed by atoms with Crippen LogP contribution in [0.5, 0.6) is 0 Å². The van der Waals surface area contributed by atoms with Crippen molar-refractivity contribution in [2.45, 2.75) is 45.8 Å². The lowest BCUT2D eigenvalue weighted by molar-refractivity contribution is -0.117. The van der Waals surface area contributed by atoms with Crippen LogP contribution in [0.3, 0.4) is 0 Å². The quantitative estimate of drug-likeness (QED) is 0.133. The van der Waals surface area contributed by atoms with E-state index in [1.54, 1.807) is 13.0 Å². The number of rotatable bonds is 13. The minimum atomic E-state index is -3.15. The van der Waals surface area contributed by atoms with E-state index in [1.807, 2.05) is 6.08 Å². The fourth-order valence-corrected chi connectivity index (χ4v) is 4.36. The number of allylic oxidation sites excluding steroid dienone is 1. The summed E-state index contributed by atoms with van der Waals surface area (Å²) in [6, 6.07) is 3.18. The third-order valence-electron chi connectivity index (χ3n) is 4.82. The molecule has 0 heterocycles. The van der Waals surface area contributed by atoms with E-state index < -0.39 is 25.3 Å². The lowest BCUT2D eigenvalue weighted by atomic mass is 10.2. The average molecular weight is 453 g/mol. The molecule has 3 N–H and O–H groups in total. The van der Waals surface area contributed by atoms with Gasteiger partial charge in [-0.05, 0) is 62.3 Å². The lowest BCUT2D eigenvalue weighted by Gasteiger charge is -2.20. The Hall–Kier alpha value is -2.22. The molecule has 2 rings (SSSR count). The van der Waals surface area contributed by atoms with Crippen LogP contribution in [0, 0.1) is 11.7 Å². The molecule has 0 aliphatic heterocycles. The molecular weight excluding hydrogens is 424 g/mol. The molecule has 170 valence electrons. The summed E-state index contributed by atoms with van der Waals surface area (Å²) < 4.78 is 33.3. The van der Waals surface area contributed by atoms with Gasteiger partial charge in [-0.1, -0.05) is 22.8 Å². The lowest BCUT2D eigenvalue weighted by Crippen LogP contribution is -2.23. The highest BCUT2D eigenvalue weighted by atomic mass is 31.2. The fraction of sp³-hybridized carbons (Fsp3) is 0.550. The van der Waals surface area contributed by atoms with Crippen molar-refractivity contribution in [2.75, 3.05) is 24.6 Å². The maximum absolute atomic E-state index is 14.4. The number of hydrogen-bond acceptors (Lipinski definition) is 5. The van der Waals surface area contributed by atoms with Gasteiger partial charge in [0.1, 0.15) is 11.9 Å². The molecule has 0 bridgehead atoms. The van der Waals surface area contributed by atoms with Crippen molar-refractivity contribution in [3.05, 3.63) is 51.7 Å². The number of azide groups is 1. The van der Waals surface area contributed by atoms with Crippen molar-refractivity contribution in [1.29, 1.82) is 0 Å². The molecule has 9 nitrogen and oxygen atoms in total. The zero-order chi connectivity index (χ0) is 22.9. The number of hydrogen-bond donors (Lipinski definition) is 3. The summed E-state index contributed by atoms with van der Waals surface area (Å²) in [6.45, 7) is 3.70. The van der Waals surface area contributed by atoms with Gasteiger partial charge < -0.3 is 14.9 Å². The largest absolute Gasteiger partial charge is 0.392 e. The Kier molecular flexibility index (Phi) is 9.68. The van der Waals surface area contributed by atoms with Crippen LogP contribution in [0.1, 0.15) is 38.7 Å². The summed E-state index contributed by atoms with van der Waals surface area (Å²) >= 11 is 0.